The normalized spacial score (nSPS) is 10.9. The lowest BCUT2D eigenvalue weighted by molar-refractivity contribution is 0.703. The highest BCUT2D eigenvalue weighted by molar-refractivity contribution is 5.83. The molecule has 2 aromatic rings. The van der Waals surface area contributed by atoms with Crippen molar-refractivity contribution < 1.29 is 0 Å². The number of nitrogens with one attached hydrogen (secondary N) is 1. The predicted octanol–water partition coefficient (Wildman–Crippen LogP) is 3.87. The number of fused-ring (bicyclic) bond motifs is 1. The highest BCUT2D eigenvalue weighted by Crippen LogP contribution is 2.20. The monoisotopic (exact) mass is 216 g/mol. The van der Waals surface area contributed by atoms with E-state index in [0.717, 1.165) is 19.5 Å². The molecule has 2 nitrogen and oxygen atoms in total. The van der Waals surface area contributed by atoms with Crippen LogP contribution in [0.5, 0.6) is 0 Å². The van der Waals surface area contributed by atoms with Crippen molar-refractivity contribution in [2.75, 3.05) is 11.9 Å². The van der Waals surface area contributed by atoms with Crippen LogP contribution in [0, 0.1) is 0 Å². The van der Waals surface area contributed by atoms with Crippen molar-refractivity contribution in [3.05, 3.63) is 30.5 Å². The molecule has 2 rings (SSSR count). The maximum atomic E-state index is 3.42. The maximum Gasteiger partial charge on any atom is 0.0481 e. The van der Waals surface area contributed by atoms with E-state index in [1.807, 2.05) is 0 Å². The van der Waals surface area contributed by atoms with Crippen molar-refractivity contribution >= 4 is 16.6 Å². The molecule has 0 aliphatic carbocycles. The summed E-state index contributed by atoms with van der Waals surface area (Å²) < 4.78 is 2.32. The summed E-state index contributed by atoms with van der Waals surface area (Å²) in [7, 11) is 0. The molecule has 0 fully saturated rings. The predicted molar refractivity (Wildman–Crippen MR) is 71.0 cm³/mol. The van der Waals surface area contributed by atoms with Gasteiger partial charge in [0.2, 0.25) is 0 Å². The number of hydrogen-bond acceptors (Lipinski definition) is 1. The number of aryl methyl sites for hydroxylation is 1. The summed E-state index contributed by atoms with van der Waals surface area (Å²) in [6.07, 6.45) is 4.52. The minimum absolute atomic E-state index is 1.04. The summed E-state index contributed by atoms with van der Waals surface area (Å²) in [6, 6.07) is 8.81. The first-order valence-electron chi connectivity index (χ1n) is 6.18. The van der Waals surface area contributed by atoms with Crippen LogP contribution in [0.1, 0.15) is 26.7 Å². The first-order chi connectivity index (χ1) is 7.85. The van der Waals surface area contributed by atoms with Crippen LogP contribution in [0.25, 0.3) is 10.9 Å². The summed E-state index contributed by atoms with van der Waals surface area (Å²) in [5, 5.41) is 4.75. The van der Waals surface area contributed by atoms with Gasteiger partial charge in [0, 0.05) is 35.9 Å². The van der Waals surface area contributed by atoms with Gasteiger partial charge in [-0.1, -0.05) is 13.8 Å². The van der Waals surface area contributed by atoms with Crippen LogP contribution in [0.2, 0.25) is 0 Å². The summed E-state index contributed by atoms with van der Waals surface area (Å²) in [4.78, 5) is 0. The zero-order valence-corrected chi connectivity index (χ0v) is 10.2. The molecule has 0 atom stereocenters. The fourth-order valence-corrected chi connectivity index (χ4v) is 2.02. The van der Waals surface area contributed by atoms with E-state index in [0.29, 0.717) is 0 Å². The fourth-order valence-electron chi connectivity index (χ4n) is 2.02. The van der Waals surface area contributed by atoms with E-state index in [1.54, 1.807) is 0 Å². The molecule has 2 heteroatoms. The average Bonchev–Trinajstić information content (AvgIpc) is 2.70. The third-order valence-corrected chi connectivity index (χ3v) is 2.81. The van der Waals surface area contributed by atoms with Crippen molar-refractivity contribution in [1.29, 1.82) is 0 Å². The summed E-state index contributed by atoms with van der Waals surface area (Å²) in [5.41, 5.74) is 2.56. The molecular weight excluding hydrogens is 196 g/mol. The number of rotatable bonds is 5. The molecule has 0 amide bonds. The quantitative estimate of drug-likeness (QED) is 0.802. The number of benzene rings is 1. The highest BCUT2D eigenvalue weighted by Gasteiger charge is 2.00. The van der Waals surface area contributed by atoms with Crippen molar-refractivity contribution in [2.24, 2.45) is 0 Å². The molecule has 0 radical (unpaired) electrons. The molecule has 0 bridgehead atoms. The summed E-state index contributed by atoms with van der Waals surface area (Å²) in [6.45, 7) is 6.54. The van der Waals surface area contributed by atoms with Crippen molar-refractivity contribution in [3.63, 3.8) is 0 Å². The Kier molecular flexibility index (Phi) is 3.50. The highest BCUT2D eigenvalue weighted by atomic mass is 14.9. The first-order valence-corrected chi connectivity index (χ1v) is 6.18. The Balaban J connectivity index is 2.26. The largest absolute Gasteiger partial charge is 0.385 e. The minimum atomic E-state index is 1.04. The number of aromatic nitrogens is 1. The molecule has 1 heterocycles. The molecule has 1 N–H and O–H groups in total. The smallest absolute Gasteiger partial charge is 0.0481 e. The number of nitrogens with zero attached hydrogens (tertiary/aromatic N) is 1. The molecule has 0 unspecified atom stereocenters. The Hall–Kier alpha value is -1.44. The van der Waals surface area contributed by atoms with Gasteiger partial charge in [-0.2, -0.15) is 0 Å². The van der Waals surface area contributed by atoms with Crippen molar-refractivity contribution in [3.8, 4) is 0 Å². The van der Waals surface area contributed by atoms with E-state index in [4.69, 9.17) is 0 Å². The first kappa shape index (κ1) is 11.1. The van der Waals surface area contributed by atoms with Gasteiger partial charge in [-0.3, -0.25) is 0 Å². The molecule has 86 valence electrons. The van der Waals surface area contributed by atoms with Crippen LogP contribution in [0.15, 0.2) is 30.5 Å². The van der Waals surface area contributed by atoms with Crippen LogP contribution in [-0.2, 0) is 6.54 Å². The van der Waals surface area contributed by atoms with Gasteiger partial charge < -0.3 is 9.88 Å². The molecular formula is C14H20N2. The maximum absolute atomic E-state index is 3.42. The van der Waals surface area contributed by atoms with Gasteiger partial charge >= 0.3 is 0 Å². The fraction of sp³-hybridized carbons (Fsp3) is 0.429. The number of anilines is 1. The van der Waals surface area contributed by atoms with E-state index in [2.05, 4.69) is 54.2 Å². The Bertz CT molecular complexity index is 457. The van der Waals surface area contributed by atoms with Gasteiger partial charge in [0.25, 0.3) is 0 Å². The topological polar surface area (TPSA) is 17.0 Å². The zero-order chi connectivity index (χ0) is 11.4. The molecule has 0 aliphatic rings. The molecule has 0 saturated heterocycles. The van der Waals surface area contributed by atoms with Crippen LogP contribution in [-0.4, -0.2) is 11.1 Å². The van der Waals surface area contributed by atoms with Gasteiger partial charge in [-0.25, -0.2) is 0 Å². The van der Waals surface area contributed by atoms with Gasteiger partial charge in [0.05, 0.1) is 0 Å². The van der Waals surface area contributed by atoms with Crippen LogP contribution < -0.4 is 5.32 Å². The van der Waals surface area contributed by atoms with Crippen LogP contribution in [0.3, 0.4) is 0 Å². The van der Waals surface area contributed by atoms with E-state index < -0.39 is 0 Å². The third-order valence-electron chi connectivity index (χ3n) is 2.81. The molecule has 0 aliphatic heterocycles. The summed E-state index contributed by atoms with van der Waals surface area (Å²) in [5.74, 6) is 0. The van der Waals surface area contributed by atoms with Gasteiger partial charge in [-0.15, -0.1) is 0 Å². The standard InChI is InChI=1S/C14H20N2/c1-3-8-15-13-5-6-14-12(11-13)7-10-16(14)9-4-2/h5-7,10-11,15H,3-4,8-9H2,1-2H3. The lowest BCUT2D eigenvalue weighted by atomic mass is 10.2. The Morgan fingerprint density at radius 2 is 2.00 bits per heavy atom. The van der Waals surface area contributed by atoms with Crippen LogP contribution >= 0.6 is 0 Å². The van der Waals surface area contributed by atoms with Gasteiger partial charge in [-0.05, 0) is 37.1 Å². The molecule has 1 aromatic carbocycles. The number of hydrogen-bond donors (Lipinski definition) is 1. The minimum Gasteiger partial charge on any atom is -0.385 e. The van der Waals surface area contributed by atoms with E-state index >= 15 is 0 Å². The third kappa shape index (κ3) is 2.21. The Morgan fingerprint density at radius 3 is 2.75 bits per heavy atom. The zero-order valence-electron chi connectivity index (χ0n) is 10.2. The van der Waals surface area contributed by atoms with E-state index in [-0.39, 0.29) is 0 Å². The SMILES string of the molecule is CCCNc1ccc2c(ccn2CCC)c1. The second-order valence-electron chi connectivity index (χ2n) is 4.21. The Morgan fingerprint density at radius 1 is 1.12 bits per heavy atom. The summed E-state index contributed by atoms with van der Waals surface area (Å²) >= 11 is 0. The van der Waals surface area contributed by atoms with Gasteiger partial charge in [0.15, 0.2) is 0 Å². The molecule has 1 aromatic heterocycles. The lowest BCUT2D eigenvalue weighted by Gasteiger charge is -2.06. The molecule has 16 heavy (non-hydrogen) atoms. The molecule has 0 spiro atoms. The van der Waals surface area contributed by atoms with E-state index in [9.17, 15) is 0 Å². The second-order valence-corrected chi connectivity index (χ2v) is 4.21. The Labute approximate surface area is 97.3 Å². The van der Waals surface area contributed by atoms with Crippen molar-refractivity contribution in [2.45, 2.75) is 33.2 Å². The second kappa shape index (κ2) is 5.06. The van der Waals surface area contributed by atoms with Crippen LogP contribution in [0.4, 0.5) is 5.69 Å². The molecule has 0 saturated carbocycles. The van der Waals surface area contributed by atoms with Gasteiger partial charge in [0.1, 0.15) is 0 Å². The van der Waals surface area contributed by atoms with Crippen molar-refractivity contribution in [1.82, 2.24) is 4.57 Å². The average molecular weight is 216 g/mol. The lowest BCUT2D eigenvalue weighted by Crippen LogP contribution is -1.99. The van der Waals surface area contributed by atoms with E-state index in [1.165, 1.54) is 23.0 Å².